The molecule has 1 spiro atoms. The van der Waals surface area contributed by atoms with E-state index in [1.165, 1.54) is 36.1 Å². The monoisotopic (exact) mass is 502 g/mol. The molecular weight excluding hydrogens is 467 g/mol. The van der Waals surface area contributed by atoms with E-state index in [2.05, 4.69) is 0 Å². The third kappa shape index (κ3) is 5.23. The molecule has 1 aromatic rings. The average molecular weight is 503 g/mol. The van der Waals surface area contributed by atoms with Gasteiger partial charge in [-0.05, 0) is 30.2 Å². The zero-order valence-corrected chi connectivity index (χ0v) is 21.2. The Kier molecular flexibility index (Phi) is 7.63. The first-order valence-corrected chi connectivity index (χ1v) is 12.7. The number of piperazine rings is 1. The number of carbonyl (C=O) groups excluding carboxylic acids is 4. The second-order valence-corrected chi connectivity index (χ2v) is 10.3. The van der Waals surface area contributed by atoms with Crippen LogP contribution in [-0.4, -0.2) is 101 Å². The average Bonchev–Trinajstić information content (AvgIpc) is 3.22. The van der Waals surface area contributed by atoms with Gasteiger partial charge in [-0.3, -0.25) is 24.1 Å². The number of hydrogen-bond acceptors (Lipinski definition) is 5. The summed E-state index contributed by atoms with van der Waals surface area (Å²) in [4.78, 5) is 58.4. The Bertz CT molecular complexity index is 998. The highest BCUT2D eigenvalue weighted by Gasteiger charge is 2.55. The molecule has 0 N–H and O–H groups in total. The van der Waals surface area contributed by atoms with Crippen LogP contribution in [0.1, 0.15) is 50.4 Å². The molecule has 3 saturated heterocycles. The molecule has 4 amide bonds. The number of benzene rings is 1. The molecule has 4 rings (SSSR count). The van der Waals surface area contributed by atoms with E-state index >= 15 is 0 Å². The van der Waals surface area contributed by atoms with Crippen LogP contribution in [0.15, 0.2) is 24.3 Å². The van der Waals surface area contributed by atoms with E-state index in [1.807, 2.05) is 13.8 Å². The van der Waals surface area contributed by atoms with Gasteiger partial charge in [-0.15, -0.1) is 0 Å². The van der Waals surface area contributed by atoms with Crippen LogP contribution in [0.3, 0.4) is 0 Å². The zero-order valence-electron chi connectivity index (χ0n) is 21.2. The molecule has 3 aliphatic rings. The van der Waals surface area contributed by atoms with Gasteiger partial charge in [-0.2, -0.15) is 0 Å². The molecule has 196 valence electrons. The van der Waals surface area contributed by atoms with E-state index < -0.39 is 23.5 Å². The molecule has 0 saturated carbocycles. The molecule has 9 nitrogen and oxygen atoms in total. The summed E-state index contributed by atoms with van der Waals surface area (Å²) in [6.45, 7) is 8.07. The molecule has 10 heteroatoms. The van der Waals surface area contributed by atoms with Crippen molar-refractivity contribution in [3.8, 4) is 0 Å². The number of hydrogen-bond donors (Lipinski definition) is 0. The summed E-state index contributed by atoms with van der Waals surface area (Å²) in [6.07, 6.45) is 1.25. The van der Waals surface area contributed by atoms with Crippen LogP contribution < -0.4 is 0 Å². The minimum absolute atomic E-state index is 0.0304. The topological polar surface area (TPSA) is 90.5 Å². The van der Waals surface area contributed by atoms with E-state index in [4.69, 9.17) is 4.74 Å². The Morgan fingerprint density at radius 2 is 1.53 bits per heavy atom. The quantitative estimate of drug-likeness (QED) is 0.626. The molecule has 1 aromatic carbocycles. The summed E-state index contributed by atoms with van der Waals surface area (Å²) in [5, 5.41) is 0. The number of likely N-dealkylation sites (tertiary alicyclic amines) is 1. The number of nitrogens with zero attached hydrogens (tertiary/aromatic N) is 4. The fourth-order valence-electron chi connectivity index (χ4n) is 5.32. The maximum Gasteiger partial charge on any atom is 0.256 e. The lowest BCUT2D eigenvalue weighted by Crippen LogP contribution is -2.61. The highest BCUT2D eigenvalue weighted by molar-refractivity contribution is 5.98. The lowest BCUT2D eigenvalue weighted by molar-refractivity contribution is -0.146. The van der Waals surface area contributed by atoms with Crippen molar-refractivity contribution in [3.05, 3.63) is 35.6 Å². The first-order valence-electron chi connectivity index (χ1n) is 12.7. The van der Waals surface area contributed by atoms with Crippen LogP contribution >= 0.6 is 0 Å². The van der Waals surface area contributed by atoms with Gasteiger partial charge in [0.2, 0.25) is 17.7 Å². The normalized spacial score (nSPS) is 21.9. The van der Waals surface area contributed by atoms with E-state index in [0.717, 1.165) is 0 Å². The number of piperidine rings is 1. The zero-order chi connectivity index (χ0) is 26.0. The lowest BCUT2D eigenvalue weighted by Gasteiger charge is -2.45. The second kappa shape index (κ2) is 10.5. The van der Waals surface area contributed by atoms with Crippen molar-refractivity contribution in [2.75, 3.05) is 45.9 Å². The van der Waals surface area contributed by atoms with Gasteiger partial charge < -0.3 is 19.4 Å². The van der Waals surface area contributed by atoms with E-state index in [9.17, 15) is 23.6 Å². The standard InChI is InChI=1S/C26H35FN4O5/c1-18(2)16-23(33)29-10-8-26(9-11-29)31(24(34)20-4-6-21(27)7-5-20)22(17-36-26)25(35)30-14-12-28(13-15-30)19(3)32/h4-7,18,22H,8-17H2,1-3H3/t22-/m0/s1. The molecule has 3 heterocycles. The Hall–Kier alpha value is -3.01. The van der Waals surface area contributed by atoms with Crippen molar-refractivity contribution in [3.63, 3.8) is 0 Å². The van der Waals surface area contributed by atoms with Crippen molar-refractivity contribution in [1.29, 1.82) is 0 Å². The van der Waals surface area contributed by atoms with Crippen molar-refractivity contribution in [1.82, 2.24) is 19.6 Å². The second-order valence-electron chi connectivity index (χ2n) is 10.3. The Labute approximate surface area is 211 Å². The maximum atomic E-state index is 13.8. The summed E-state index contributed by atoms with van der Waals surface area (Å²) in [5.41, 5.74) is -0.736. The number of carbonyl (C=O) groups is 4. The Morgan fingerprint density at radius 3 is 2.08 bits per heavy atom. The lowest BCUT2D eigenvalue weighted by atomic mass is 9.95. The molecule has 3 fully saturated rings. The van der Waals surface area contributed by atoms with Gasteiger partial charge in [0.15, 0.2) is 0 Å². The summed E-state index contributed by atoms with van der Waals surface area (Å²) in [5.74, 6) is -0.772. The van der Waals surface area contributed by atoms with Crippen LogP contribution in [0.4, 0.5) is 4.39 Å². The van der Waals surface area contributed by atoms with Gasteiger partial charge >= 0.3 is 0 Å². The van der Waals surface area contributed by atoms with Gasteiger partial charge in [0, 0.05) is 71.0 Å². The smallest absolute Gasteiger partial charge is 0.256 e. The molecular formula is C26H35FN4O5. The predicted octanol–water partition coefficient (Wildman–Crippen LogP) is 1.72. The summed E-state index contributed by atoms with van der Waals surface area (Å²) >= 11 is 0. The van der Waals surface area contributed by atoms with Gasteiger partial charge in [-0.25, -0.2) is 4.39 Å². The van der Waals surface area contributed by atoms with E-state index in [1.54, 1.807) is 14.7 Å². The number of amides is 4. The van der Waals surface area contributed by atoms with Gasteiger partial charge in [-0.1, -0.05) is 13.8 Å². The van der Waals surface area contributed by atoms with Crippen LogP contribution in [0.2, 0.25) is 0 Å². The van der Waals surface area contributed by atoms with Crippen molar-refractivity contribution < 1.29 is 28.3 Å². The minimum atomic E-state index is -1.01. The first-order chi connectivity index (χ1) is 17.1. The fourth-order valence-corrected chi connectivity index (χ4v) is 5.32. The largest absolute Gasteiger partial charge is 0.353 e. The van der Waals surface area contributed by atoms with Crippen molar-refractivity contribution >= 4 is 23.6 Å². The van der Waals surface area contributed by atoms with E-state index in [-0.39, 0.29) is 35.8 Å². The Morgan fingerprint density at radius 1 is 0.944 bits per heavy atom. The molecule has 3 aliphatic heterocycles. The van der Waals surface area contributed by atoms with Gasteiger partial charge in [0.1, 0.15) is 17.6 Å². The van der Waals surface area contributed by atoms with Gasteiger partial charge in [0.05, 0.1) is 6.61 Å². The van der Waals surface area contributed by atoms with Crippen molar-refractivity contribution in [2.45, 2.75) is 51.8 Å². The predicted molar refractivity (Wildman–Crippen MR) is 129 cm³/mol. The number of rotatable bonds is 4. The molecule has 0 unspecified atom stereocenters. The molecule has 0 radical (unpaired) electrons. The Balaban J connectivity index is 1.56. The van der Waals surface area contributed by atoms with Crippen LogP contribution in [0.5, 0.6) is 0 Å². The molecule has 36 heavy (non-hydrogen) atoms. The summed E-state index contributed by atoms with van der Waals surface area (Å²) in [7, 11) is 0. The van der Waals surface area contributed by atoms with Crippen molar-refractivity contribution in [2.24, 2.45) is 5.92 Å². The molecule has 0 aromatic heterocycles. The molecule has 0 bridgehead atoms. The summed E-state index contributed by atoms with van der Waals surface area (Å²) < 4.78 is 19.8. The van der Waals surface area contributed by atoms with Crippen LogP contribution in [0.25, 0.3) is 0 Å². The van der Waals surface area contributed by atoms with Crippen LogP contribution in [-0.2, 0) is 19.1 Å². The first kappa shape index (κ1) is 26.1. The molecule has 0 aliphatic carbocycles. The maximum absolute atomic E-state index is 13.8. The number of ether oxygens (including phenoxy) is 1. The van der Waals surface area contributed by atoms with Crippen LogP contribution in [0, 0.1) is 11.7 Å². The van der Waals surface area contributed by atoms with Gasteiger partial charge in [0.25, 0.3) is 5.91 Å². The molecule has 1 atom stereocenters. The third-order valence-electron chi connectivity index (χ3n) is 7.37. The highest BCUT2D eigenvalue weighted by Crippen LogP contribution is 2.39. The fraction of sp³-hybridized carbons (Fsp3) is 0.615. The number of halogens is 1. The summed E-state index contributed by atoms with van der Waals surface area (Å²) in [6, 6.07) is 4.45. The SMILES string of the molecule is CC(=O)N1CCN(C(=O)[C@@H]2COC3(CCN(C(=O)CC(C)C)CC3)N2C(=O)c2ccc(F)cc2)CC1. The third-order valence-corrected chi connectivity index (χ3v) is 7.37. The minimum Gasteiger partial charge on any atom is -0.353 e. The van der Waals surface area contributed by atoms with E-state index in [0.29, 0.717) is 58.5 Å². The highest BCUT2D eigenvalue weighted by atomic mass is 19.1.